The fourth-order valence-electron chi connectivity index (χ4n) is 2.40. The molecule has 0 saturated carbocycles. The number of pyridine rings is 2. The molecule has 2 aromatic heterocycles. The first-order valence-corrected chi connectivity index (χ1v) is 7.85. The molecule has 0 radical (unpaired) electrons. The summed E-state index contributed by atoms with van der Waals surface area (Å²) in [6.07, 6.45) is 0. The van der Waals surface area contributed by atoms with Crippen LogP contribution in [0.3, 0.4) is 0 Å². The summed E-state index contributed by atoms with van der Waals surface area (Å²) in [6, 6.07) is 11.0. The molecule has 22 heavy (non-hydrogen) atoms. The maximum Gasteiger partial charge on any atom is 0.273 e. The van der Waals surface area contributed by atoms with Crippen LogP contribution in [0.5, 0.6) is 0 Å². The van der Waals surface area contributed by atoms with Crippen LogP contribution in [0.15, 0.2) is 45.7 Å². The van der Waals surface area contributed by atoms with Crippen molar-refractivity contribution in [2.75, 3.05) is 12.4 Å². The van der Waals surface area contributed by atoms with Gasteiger partial charge in [-0.15, -0.1) is 0 Å². The van der Waals surface area contributed by atoms with Crippen LogP contribution in [-0.4, -0.2) is 16.6 Å². The van der Waals surface area contributed by atoms with Crippen LogP contribution < -0.4 is 10.9 Å². The summed E-state index contributed by atoms with van der Waals surface area (Å²) in [4.78, 5) is 17.3. The van der Waals surface area contributed by atoms with E-state index in [4.69, 9.17) is 11.6 Å². The lowest BCUT2D eigenvalue weighted by atomic mass is 10.2. The van der Waals surface area contributed by atoms with Crippen molar-refractivity contribution in [1.82, 2.24) is 9.55 Å². The van der Waals surface area contributed by atoms with Crippen LogP contribution >= 0.6 is 27.5 Å². The second-order valence-corrected chi connectivity index (χ2v) is 6.11. The predicted molar refractivity (Wildman–Crippen MR) is 94.3 cm³/mol. The zero-order valence-electron chi connectivity index (χ0n) is 12.0. The first-order chi connectivity index (χ1) is 10.5. The van der Waals surface area contributed by atoms with E-state index in [-0.39, 0.29) is 5.56 Å². The second kappa shape index (κ2) is 5.74. The number of hydrogen-bond donors (Lipinski definition) is 1. The van der Waals surface area contributed by atoms with E-state index in [1.54, 1.807) is 35.9 Å². The average molecular weight is 379 g/mol. The number of nitrogens with zero attached hydrogens (tertiary/aromatic N) is 2. The fraction of sp³-hybridized carbons (Fsp3) is 0.125. The molecule has 3 aromatic rings. The van der Waals surface area contributed by atoms with Gasteiger partial charge in [0.25, 0.3) is 5.56 Å². The molecular weight excluding hydrogens is 366 g/mol. The summed E-state index contributed by atoms with van der Waals surface area (Å²) < 4.78 is 2.06. The molecular formula is C16H13BrClN3O. The number of fused-ring (bicyclic) bond motifs is 1. The molecule has 2 heterocycles. The van der Waals surface area contributed by atoms with Gasteiger partial charge in [-0.25, -0.2) is 4.98 Å². The van der Waals surface area contributed by atoms with E-state index in [1.165, 1.54) is 0 Å². The molecule has 1 N–H and O–H groups in total. The van der Waals surface area contributed by atoms with Crippen molar-refractivity contribution in [1.29, 1.82) is 0 Å². The third kappa shape index (κ3) is 2.40. The SMILES string of the molecule is CNc1c(Br)c(=O)n(-c2ccc(Cl)cc2)c2nc(C)ccc12. The zero-order valence-corrected chi connectivity index (χ0v) is 14.4. The summed E-state index contributed by atoms with van der Waals surface area (Å²) in [5.74, 6) is 0. The summed E-state index contributed by atoms with van der Waals surface area (Å²) in [5, 5.41) is 4.56. The maximum atomic E-state index is 12.8. The molecule has 0 fully saturated rings. The Morgan fingerprint density at radius 3 is 2.50 bits per heavy atom. The molecule has 0 aliphatic rings. The first kappa shape index (κ1) is 15.1. The highest BCUT2D eigenvalue weighted by atomic mass is 79.9. The zero-order chi connectivity index (χ0) is 15.9. The Hall–Kier alpha value is -1.85. The van der Waals surface area contributed by atoms with Crippen molar-refractivity contribution >= 4 is 44.3 Å². The molecule has 0 aliphatic heterocycles. The van der Waals surface area contributed by atoms with E-state index < -0.39 is 0 Å². The Balaban J connectivity index is 2.48. The minimum absolute atomic E-state index is 0.169. The standard InChI is InChI=1S/C16H13BrClN3O/c1-9-3-8-12-14(19-2)13(17)16(22)21(15(12)20-9)11-6-4-10(18)5-7-11/h3-8,19H,1-2H3. The van der Waals surface area contributed by atoms with Crippen molar-refractivity contribution in [2.24, 2.45) is 0 Å². The third-order valence-corrected chi connectivity index (χ3v) is 4.43. The Morgan fingerprint density at radius 1 is 1.18 bits per heavy atom. The van der Waals surface area contributed by atoms with Gasteiger partial charge in [0.2, 0.25) is 0 Å². The second-order valence-electron chi connectivity index (χ2n) is 4.88. The van der Waals surface area contributed by atoms with Crippen molar-refractivity contribution in [3.63, 3.8) is 0 Å². The Bertz CT molecular complexity index is 919. The lowest BCUT2D eigenvalue weighted by molar-refractivity contribution is 0.997. The highest BCUT2D eigenvalue weighted by molar-refractivity contribution is 9.10. The molecule has 6 heteroatoms. The highest BCUT2D eigenvalue weighted by Crippen LogP contribution is 2.29. The van der Waals surface area contributed by atoms with Gasteiger partial charge in [-0.3, -0.25) is 9.36 Å². The topological polar surface area (TPSA) is 46.9 Å². The van der Waals surface area contributed by atoms with Crippen LogP contribution in [0.25, 0.3) is 16.7 Å². The Kier molecular flexibility index (Phi) is 3.93. The van der Waals surface area contributed by atoms with Crippen LogP contribution in [-0.2, 0) is 0 Å². The van der Waals surface area contributed by atoms with Crippen molar-refractivity contribution in [3.05, 3.63) is 61.9 Å². The number of benzene rings is 1. The van der Waals surface area contributed by atoms with Gasteiger partial charge in [-0.1, -0.05) is 11.6 Å². The quantitative estimate of drug-likeness (QED) is 0.728. The van der Waals surface area contributed by atoms with Gasteiger partial charge < -0.3 is 5.32 Å². The van der Waals surface area contributed by atoms with Crippen molar-refractivity contribution in [2.45, 2.75) is 6.92 Å². The summed E-state index contributed by atoms with van der Waals surface area (Å²) in [7, 11) is 1.78. The third-order valence-electron chi connectivity index (χ3n) is 3.44. The van der Waals surface area contributed by atoms with Gasteiger partial charge >= 0.3 is 0 Å². The number of rotatable bonds is 2. The molecule has 0 spiro atoms. The predicted octanol–water partition coefficient (Wildman–Crippen LogP) is 4.15. The van der Waals surface area contributed by atoms with Gasteiger partial charge in [0, 0.05) is 23.2 Å². The van der Waals surface area contributed by atoms with Crippen LogP contribution in [0.2, 0.25) is 5.02 Å². The minimum Gasteiger partial charge on any atom is -0.386 e. The lowest BCUT2D eigenvalue weighted by Gasteiger charge is -2.15. The average Bonchev–Trinajstić information content (AvgIpc) is 2.51. The fourth-order valence-corrected chi connectivity index (χ4v) is 3.12. The Labute approximate surface area is 140 Å². The van der Waals surface area contributed by atoms with Crippen molar-refractivity contribution in [3.8, 4) is 5.69 Å². The molecule has 0 bridgehead atoms. The molecule has 0 amide bonds. The van der Waals surface area contributed by atoms with E-state index >= 15 is 0 Å². The number of hydrogen-bond acceptors (Lipinski definition) is 3. The molecule has 3 rings (SSSR count). The minimum atomic E-state index is -0.169. The molecule has 4 nitrogen and oxygen atoms in total. The smallest absolute Gasteiger partial charge is 0.273 e. The monoisotopic (exact) mass is 377 g/mol. The summed E-state index contributed by atoms with van der Waals surface area (Å²) in [5.41, 5.74) is 2.75. The molecule has 1 aromatic carbocycles. The Morgan fingerprint density at radius 2 is 1.86 bits per heavy atom. The van der Waals surface area contributed by atoms with Gasteiger partial charge in [0.15, 0.2) is 0 Å². The van der Waals surface area contributed by atoms with E-state index in [0.717, 1.165) is 22.5 Å². The summed E-state index contributed by atoms with van der Waals surface area (Å²) in [6.45, 7) is 1.90. The molecule has 0 aliphatic carbocycles. The number of aryl methyl sites for hydroxylation is 1. The van der Waals surface area contributed by atoms with Gasteiger partial charge in [-0.05, 0) is 59.3 Å². The number of halogens is 2. The summed E-state index contributed by atoms with van der Waals surface area (Å²) >= 11 is 9.33. The number of aromatic nitrogens is 2. The van der Waals surface area contributed by atoms with Crippen LogP contribution in [0.1, 0.15) is 5.69 Å². The van der Waals surface area contributed by atoms with Crippen LogP contribution in [0, 0.1) is 6.92 Å². The van der Waals surface area contributed by atoms with Crippen LogP contribution in [0.4, 0.5) is 5.69 Å². The number of nitrogens with one attached hydrogen (secondary N) is 1. The molecule has 0 atom stereocenters. The van der Waals surface area contributed by atoms with Gasteiger partial charge in [-0.2, -0.15) is 0 Å². The van der Waals surface area contributed by atoms with Crippen molar-refractivity contribution < 1.29 is 0 Å². The van der Waals surface area contributed by atoms with E-state index in [0.29, 0.717) is 15.1 Å². The first-order valence-electron chi connectivity index (χ1n) is 6.68. The molecule has 0 saturated heterocycles. The lowest BCUT2D eigenvalue weighted by Crippen LogP contribution is -2.22. The largest absolute Gasteiger partial charge is 0.386 e. The van der Waals surface area contributed by atoms with Gasteiger partial charge in [0.1, 0.15) is 10.1 Å². The van der Waals surface area contributed by atoms with E-state index in [9.17, 15) is 4.79 Å². The van der Waals surface area contributed by atoms with Gasteiger partial charge in [0.05, 0.1) is 11.4 Å². The molecule has 0 unspecified atom stereocenters. The normalized spacial score (nSPS) is 10.9. The number of anilines is 1. The molecule has 112 valence electrons. The van der Waals surface area contributed by atoms with E-state index in [2.05, 4.69) is 26.2 Å². The maximum absolute atomic E-state index is 12.8. The van der Waals surface area contributed by atoms with E-state index in [1.807, 2.05) is 19.1 Å². The highest BCUT2D eigenvalue weighted by Gasteiger charge is 2.16.